The highest BCUT2D eigenvalue weighted by Crippen LogP contribution is 2.77. The summed E-state index contributed by atoms with van der Waals surface area (Å²) in [5, 5.41) is 163. The van der Waals surface area contributed by atoms with Gasteiger partial charge in [0.25, 0.3) is 0 Å². The Kier molecular flexibility index (Phi) is 25.5. The zero-order chi connectivity index (χ0) is 83.4. The lowest BCUT2D eigenvalue weighted by Gasteiger charge is -2.71. The molecule has 0 bridgehead atoms. The van der Waals surface area contributed by atoms with Gasteiger partial charge in [-0.15, -0.1) is 0 Å². The first-order valence-corrected chi connectivity index (χ1v) is 43.4. The predicted octanol–water partition coefficient (Wildman–Crippen LogP) is 6.57. The minimum atomic E-state index is -1.93. The Hall–Kier alpha value is -2.27. The predicted molar refractivity (Wildman–Crippen MR) is 415 cm³/mol. The van der Waals surface area contributed by atoms with Gasteiger partial charge in [0.2, 0.25) is 6.29 Å². The quantitative estimate of drug-likeness (QED) is 0.0468. The Morgan fingerprint density at radius 1 is 0.518 bits per heavy atom. The van der Waals surface area contributed by atoms with Gasteiger partial charge in [0, 0.05) is 0 Å². The van der Waals surface area contributed by atoms with E-state index in [1.807, 2.05) is 11.1 Å². The lowest BCUT2D eigenvalue weighted by Crippen LogP contribution is -2.68. The largest absolute Gasteiger partial charge is 0.432 e. The first-order chi connectivity index (χ1) is 53.1. The van der Waals surface area contributed by atoms with E-state index in [0.717, 1.165) is 43.1 Å². The molecule has 0 aromatic carbocycles. The molecule has 14 rings (SSSR count). The monoisotopic (exact) mass is 1620 g/mol. The van der Waals surface area contributed by atoms with E-state index in [-0.39, 0.29) is 59.0 Å². The van der Waals surface area contributed by atoms with Crippen molar-refractivity contribution in [1.29, 1.82) is 0 Å². The number of allylic oxidation sites excluding steroid dienone is 6. The molecule has 0 amide bonds. The van der Waals surface area contributed by atoms with Crippen molar-refractivity contribution in [3.63, 3.8) is 0 Å². The Labute approximate surface area is 675 Å². The van der Waals surface area contributed by atoms with Gasteiger partial charge < -0.3 is 124 Å². The van der Waals surface area contributed by atoms with Crippen molar-refractivity contribution in [1.82, 2.24) is 0 Å². The second-order valence-electron chi connectivity index (χ2n) is 41.8. The molecule has 39 atom stereocenters. The smallest absolute Gasteiger partial charge is 0.317 e. The molecular formula is C88H144O26. The Morgan fingerprint density at radius 3 is 1.75 bits per heavy atom. The molecular weight excluding hydrogens is 1470 g/mol. The summed E-state index contributed by atoms with van der Waals surface area (Å²) < 4.78 is 59.6. The van der Waals surface area contributed by atoms with Crippen molar-refractivity contribution in [2.75, 3.05) is 19.8 Å². The van der Waals surface area contributed by atoms with E-state index in [4.69, 9.17) is 47.4 Å². The number of esters is 1. The van der Waals surface area contributed by atoms with Crippen molar-refractivity contribution in [2.45, 2.75) is 399 Å². The molecule has 14 aliphatic rings. The maximum absolute atomic E-state index is 15.4. The van der Waals surface area contributed by atoms with E-state index < -0.39 is 195 Å². The van der Waals surface area contributed by atoms with Crippen LogP contribution in [0.5, 0.6) is 0 Å². The molecule has 0 radical (unpaired) electrons. The summed E-state index contributed by atoms with van der Waals surface area (Å²) in [5.74, 6) is 1.32. The third-order valence-corrected chi connectivity index (χ3v) is 34.3. The topological polar surface area (TPSA) is 413 Å². The number of aliphatic hydroxyl groups is 15. The molecule has 6 saturated carbocycles. The van der Waals surface area contributed by atoms with Crippen LogP contribution in [0.1, 0.15) is 240 Å². The lowest BCUT2D eigenvalue weighted by molar-refractivity contribution is -0.374. The van der Waals surface area contributed by atoms with Gasteiger partial charge in [-0.3, -0.25) is 4.79 Å². The highest BCUT2D eigenvalue weighted by atomic mass is 16.8. The van der Waals surface area contributed by atoms with Crippen LogP contribution in [0.25, 0.3) is 0 Å². The van der Waals surface area contributed by atoms with Crippen molar-refractivity contribution in [2.24, 2.45) is 89.7 Å². The van der Waals surface area contributed by atoms with Crippen LogP contribution in [0.4, 0.5) is 0 Å². The zero-order valence-corrected chi connectivity index (χ0v) is 70.9. The van der Waals surface area contributed by atoms with E-state index in [1.54, 1.807) is 6.92 Å². The minimum absolute atomic E-state index is 0.0465. The van der Waals surface area contributed by atoms with Crippen LogP contribution >= 0.6 is 0 Å². The highest BCUT2D eigenvalue weighted by molar-refractivity contribution is 5.80. The Bertz CT molecular complexity index is 3490. The SMILES string of the molecule is CC(C)=CCCC(C)C1CCC2(C)C3=C(CCC12C)C1(C)CCC(O)C(C)(C)C1CC3.CC1OC(OC2CCC3(C)C(CCC4(C)C3CC=C3C5CC(C)(C)CCC5(C(=O)OC5OCC(O)C(O)C5OC5OC(C)C(OC6OC(CO)C(O)C(O)C6O)C(O)C5O)C(O)CC34C)C2(C)C)C(O)C(O)C1OC1OCC(O)C(O)C1O. The summed E-state index contributed by atoms with van der Waals surface area (Å²) in [6.45, 7) is 36.8. The van der Waals surface area contributed by atoms with Crippen LogP contribution in [0.2, 0.25) is 0 Å². The molecule has 114 heavy (non-hydrogen) atoms. The standard InChI is InChI=1S/C58H94O25.C30H50O/c1-23-44(80-47-40(69)34(63)27(60)21-74-47)38(67)42(71)48(76-23)79-33-13-14-55(7)30(54(33,5)6)12-15-56(8)31(55)11-10-25-26-18-53(3,4)16-17-58(26,32(62)19-57(25,56)9)52(73)83-51-46(35(64)28(61)22-75-51)82-49-43(72)39(68)45(24(2)77-49)81-50-41(70)37(66)36(65)29(20-59)78-50;1-20(2)10-9-11-21(3)22-14-18-30(8)24-12-13-25-27(4,5)26(31)16-17-28(25,6)23(24)15-19-29(22,30)7/h10,23-24,26-51,59-72H,11-22H2,1-9H3;10,21-22,25-26,31H,9,11-19H2,1-8H3. The first-order valence-electron chi connectivity index (χ1n) is 43.4. The molecule has 5 saturated heterocycles. The molecule has 26 heteroatoms. The van der Waals surface area contributed by atoms with Crippen molar-refractivity contribution < 1.29 is 129 Å². The summed E-state index contributed by atoms with van der Waals surface area (Å²) in [7, 11) is 0. The highest BCUT2D eigenvalue weighted by Gasteiger charge is 2.73. The van der Waals surface area contributed by atoms with E-state index in [2.05, 4.69) is 116 Å². The molecule has 0 aromatic rings. The van der Waals surface area contributed by atoms with Crippen molar-refractivity contribution in [3.8, 4) is 0 Å². The second-order valence-corrected chi connectivity index (χ2v) is 41.8. The van der Waals surface area contributed by atoms with Crippen molar-refractivity contribution in [3.05, 3.63) is 34.4 Å². The van der Waals surface area contributed by atoms with Crippen LogP contribution in [-0.2, 0) is 52.2 Å². The van der Waals surface area contributed by atoms with E-state index in [1.165, 1.54) is 70.3 Å². The number of carbonyl (C=O) groups excluding carboxylic acids is 1. The number of rotatable bonds is 15. The Balaban J connectivity index is 0.000000304. The molecule has 5 aliphatic heterocycles. The van der Waals surface area contributed by atoms with E-state index >= 15 is 4.79 Å². The molecule has 0 spiro atoms. The number of hydrogen-bond donors (Lipinski definition) is 15. The molecule has 0 aromatic heterocycles. The van der Waals surface area contributed by atoms with Gasteiger partial charge in [-0.05, 0) is 234 Å². The number of ether oxygens (including phenoxy) is 10. The maximum Gasteiger partial charge on any atom is 0.317 e. The van der Waals surface area contributed by atoms with Gasteiger partial charge in [0.15, 0.2) is 31.3 Å². The van der Waals surface area contributed by atoms with Gasteiger partial charge in [-0.1, -0.05) is 124 Å². The molecule has 5 heterocycles. The number of carbonyl (C=O) groups is 1. The zero-order valence-electron chi connectivity index (χ0n) is 70.9. The maximum atomic E-state index is 15.4. The van der Waals surface area contributed by atoms with Gasteiger partial charge in [-0.25, -0.2) is 0 Å². The van der Waals surface area contributed by atoms with Crippen LogP contribution in [0.15, 0.2) is 34.4 Å². The van der Waals surface area contributed by atoms with Crippen LogP contribution < -0.4 is 0 Å². The number of hydrogen-bond acceptors (Lipinski definition) is 26. The fourth-order valence-electron chi connectivity index (χ4n) is 26.9. The summed E-state index contributed by atoms with van der Waals surface area (Å²) in [4.78, 5) is 15.4. The molecule has 39 unspecified atom stereocenters. The average Bonchev–Trinajstić information content (AvgIpc) is 0.940. The van der Waals surface area contributed by atoms with Gasteiger partial charge in [0.1, 0.15) is 97.0 Å². The third-order valence-electron chi connectivity index (χ3n) is 34.3. The van der Waals surface area contributed by atoms with Gasteiger partial charge in [-0.2, -0.15) is 0 Å². The molecule has 15 N–H and O–H groups in total. The van der Waals surface area contributed by atoms with Crippen LogP contribution in [-0.4, -0.2) is 262 Å². The second kappa shape index (κ2) is 32.4. The summed E-state index contributed by atoms with van der Waals surface area (Å²) in [5.41, 5.74) is 4.13. The van der Waals surface area contributed by atoms with E-state index in [0.29, 0.717) is 47.8 Å². The average molecular weight is 1620 g/mol. The number of aliphatic hydroxyl groups excluding tert-OH is 15. The Morgan fingerprint density at radius 2 is 1.11 bits per heavy atom. The minimum Gasteiger partial charge on any atom is -0.432 e. The summed E-state index contributed by atoms with van der Waals surface area (Å²) >= 11 is 0. The van der Waals surface area contributed by atoms with Gasteiger partial charge in [0.05, 0.1) is 50.3 Å². The summed E-state index contributed by atoms with van der Waals surface area (Å²) in [6.07, 6.45) is -14.1. The first kappa shape index (κ1) is 89.5. The van der Waals surface area contributed by atoms with E-state index in [9.17, 15) is 76.6 Å². The molecule has 9 aliphatic carbocycles. The van der Waals surface area contributed by atoms with Crippen LogP contribution in [0, 0.1) is 89.7 Å². The molecule has 11 fully saturated rings. The van der Waals surface area contributed by atoms with Crippen molar-refractivity contribution >= 4 is 5.97 Å². The molecule has 26 nitrogen and oxygen atoms in total. The fourth-order valence-corrected chi connectivity index (χ4v) is 26.9. The lowest BCUT2D eigenvalue weighted by atomic mass is 9.33. The fraction of sp³-hybridized carbons (Fsp3) is 0.920. The van der Waals surface area contributed by atoms with Gasteiger partial charge >= 0.3 is 5.97 Å². The molecule has 652 valence electrons. The number of fused-ring (bicyclic) bond motifs is 11. The van der Waals surface area contributed by atoms with Crippen LogP contribution in [0.3, 0.4) is 0 Å². The normalized spacial score (nSPS) is 52.4. The summed E-state index contributed by atoms with van der Waals surface area (Å²) in [6, 6.07) is 0. The third kappa shape index (κ3) is 14.7.